The quantitative estimate of drug-likeness (QED) is 0.800. The van der Waals surface area contributed by atoms with Crippen molar-refractivity contribution in [3.63, 3.8) is 0 Å². The average molecular weight is 304 g/mol. The van der Waals surface area contributed by atoms with Crippen molar-refractivity contribution in [1.82, 2.24) is 4.90 Å². The predicted octanol–water partition coefficient (Wildman–Crippen LogP) is 2.41. The van der Waals surface area contributed by atoms with E-state index in [-0.39, 0.29) is 16.7 Å². The van der Waals surface area contributed by atoms with E-state index in [1.165, 1.54) is 5.56 Å². The number of aryl methyl sites for hydroxylation is 1. The number of benzene rings is 1. The van der Waals surface area contributed by atoms with E-state index in [9.17, 15) is 9.59 Å². The Morgan fingerprint density at radius 3 is 2.38 bits per heavy atom. The molecule has 0 unspecified atom stereocenters. The van der Waals surface area contributed by atoms with Gasteiger partial charge in [-0.3, -0.25) is 14.5 Å². The monoisotopic (exact) mass is 304 g/mol. The number of piperidine rings is 1. The summed E-state index contributed by atoms with van der Waals surface area (Å²) in [6.45, 7) is 5.13. The molecule has 112 valence electrons. The number of carbonyl (C=O) groups is 2. The highest BCUT2D eigenvalue weighted by Crippen LogP contribution is 2.46. The van der Waals surface area contributed by atoms with E-state index < -0.39 is 0 Å². The summed E-state index contributed by atoms with van der Waals surface area (Å²) in [6, 6.07) is 8.14. The van der Waals surface area contributed by atoms with Crippen molar-refractivity contribution in [3.8, 4) is 0 Å². The Morgan fingerprint density at radius 2 is 1.81 bits per heavy atom. The maximum atomic E-state index is 12.4. The first-order valence-electron chi connectivity index (χ1n) is 7.31. The van der Waals surface area contributed by atoms with Crippen molar-refractivity contribution in [3.05, 3.63) is 29.8 Å². The largest absolute Gasteiger partial charge is 0.343 e. The first-order chi connectivity index (χ1) is 10.0. The third-order valence-electron chi connectivity index (χ3n) is 4.40. The van der Waals surface area contributed by atoms with E-state index in [2.05, 4.69) is 0 Å². The minimum atomic E-state index is -0.168. The molecule has 21 heavy (non-hydrogen) atoms. The molecule has 0 N–H and O–H groups in total. The highest BCUT2D eigenvalue weighted by molar-refractivity contribution is 8.02. The molecule has 1 aromatic rings. The van der Waals surface area contributed by atoms with Gasteiger partial charge in [0, 0.05) is 25.7 Å². The van der Waals surface area contributed by atoms with Gasteiger partial charge in [0.1, 0.15) is 0 Å². The number of rotatable bonds is 1. The van der Waals surface area contributed by atoms with Gasteiger partial charge in [-0.2, -0.15) is 0 Å². The van der Waals surface area contributed by atoms with Crippen molar-refractivity contribution in [2.75, 3.05) is 23.7 Å². The Balaban J connectivity index is 1.86. The van der Waals surface area contributed by atoms with E-state index in [0.29, 0.717) is 5.75 Å². The molecule has 2 aliphatic heterocycles. The van der Waals surface area contributed by atoms with Crippen LogP contribution in [-0.2, 0) is 9.59 Å². The zero-order valence-corrected chi connectivity index (χ0v) is 13.3. The molecule has 2 amide bonds. The number of hydrogen-bond acceptors (Lipinski definition) is 3. The fraction of sp³-hybridized carbons (Fsp3) is 0.500. The molecular formula is C16H20N2O2S. The Labute approximate surface area is 129 Å². The summed E-state index contributed by atoms with van der Waals surface area (Å²) in [6.07, 6.45) is 1.69. The zero-order valence-electron chi connectivity index (χ0n) is 12.5. The Kier molecular flexibility index (Phi) is 3.69. The molecule has 2 aliphatic rings. The van der Waals surface area contributed by atoms with Crippen LogP contribution in [0.3, 0.4) is 0 Å². The van der Waals surface area contributed by atoms with E-state index in [4.69, 9.17) is 0 Å². The van der Waals surface area contributed by atoms with Crippen LogP contribution in [0.1, 0.15) is 25.3 Å². The number of anilines is 1. The van der Waals surface area contributed by atoms with Gasteiger partial charge in [-0.15, -0.1) is 11.8 Å². The summed E-state index contributed by atoms with van der Waals surface area (Å²) >= 11 is 1.73. The highest BCUT2D eigenvalue weighted by atomic mass is 32.2. The summed E-state index contributed by atoms with van der Waals surface area (Å²) in [5.41, 5.74) is 2.17. The van der Waals surface area contributed by atoms with Crippen LogP contribution in [0.4, 0.5) is 5.69 Å². The predicted molar refractivity (Wildman–Crippen MR) is 85.3 cm³/mol. The van der Waals surface area contributed by atoms with Gasteiger partial charge in [0.2, 0.25) is 11.8 Å². The lowest BCUT2D eigenvalue weighted by molar-refractivity contribution is -0.129. The van der Waals surface area contributed by atoms with Gasteiger partial charge in [0.05, 0.1) is 10.6 Å². The van der Waals surface area contributed by atoms with Crippen LogP contribution in [0.25, 0.3) is 0 Å². The second-order valence-electron chi connectivity index (χ2n) is 5.81. The van der Waals surface area contributed by atoms with Gasteiger partial charge >= 0.3 is 0 Å². The third-order valence-corrected chi connectivity index (χ3v) is 5.92. The lowest BCUT2D eigenvalue weighted by atomic mass is 10.0. The maximum Gasteiger partial charge on any atom is 0.238 e. The highest BCUT2D eigenvalue weighted by Gasteiger charge is 2.48. The Bertz CT molecular complexity index is 562. The molecule has 1 aromatic carbocycles. The molecule has 0 atom stereocenters. The zero-order chi connectivity index (χ0) is 15.0. The number of likely N-dealkylation sites (tertiary alicyclic amines) is 1. The van der Waals surface area contributed by atoms with Crippen molar-refractivity contribution in [2.45, 2.75) is 31.6 Å². The lowest BCUT2D eigenvalue weighted by Crippen LogP contribution is -2.52. The van der Waals surface area contributed by atoms with Crippen LogP contribution in [0.5, 0.6) is 0 Å². The summed E-state index contributed by atoms with van der Waals surface area (Å²) < 4.78 is 0. The summed E-state index contributed by atoms with van der Waals surface area (Å²) in [4.78, 5) is 27.5. The molecule has 0 saturated carbocycles. The van der Waals surface area contributed by atoms with Crippen LogP contribution in [0, 0.1) is 6.92 Å². The fourth-order valence-corrected chi connectivity index (χ4v) is 4.49. The van der Waals surface area contributed by atoms with E-state index in [1.807, 2.05) is 41.0 Å². The van der Waals surface area contributed by atoms with E-state index in [1.54, 1.807) is 18.7 Å². The number of thioether (sulfide) groups is 1. The van der Waals surface area contributed by atoms with Gasteiger partial charge in [-0.1, -0.05) is 17.7 Å². The van der Waals surface area contributed by atoms with Crippen LogP contribution in [0.2, 0.25) is 0 Å². The molecule has 0 bridgehead atoms. The fourth-order valence-electron chi connectivity index (χ4n) is 3.16. The Morgan fingerprint density at radius 1 is 1.19 bits per heavy atom. The minimum absolute atomic E-state index is 0.126. The first-order valence-corrected chi connectivity index (χ1v) is 8.30. The lowest BCUT2D eigenvalue weighted by Gasteiger charge is -2.43. The number of nitrogens with zero attached hydrogens (tertiary/aromatic N) is 2. The summed E-state index contributed by atoms with van der Waals surface area (Å²) in [7, 11) is 0. The van der Waals surface area contributed by atoms with Gasteiger partial charge in [-0.05, 0) is 31.9 Å². The Hall–Kier alpha value is -1.49. The molecule has 1 spiro atoms. The van der Waals surface area contributed by atoms with Gasteiger partial charge in [0.25, 0.3) is 0 Å². The van der Waals surface area contributed by atoms with Gasteiger partial charge in [-0.25, -0.2) is 0 Å². The summed E-state index contributed by atoms with van der Waals surface area (Å²) in [5.74, 6) is 0.842. The number of amides is 2. The van der Waals surface area contributed by atoms with Crippen LogP contribution >= 0.6 is 11.8 Å². The molecule has 5 heteroatoms. The van der Waals surface area contributed by atoms with E-state index in [0.717, 1.165) is 31.6 Å². The van der Waals surface area contributed by atoms with Crippen LogP contribution < -0.4 is 4.90 Å². The number of carbonyl (C=O) groups excluding carboxylic acids is 2. The summed E-state index contributed by atoms with van der Waals surface area (Å²) in [5, 5.41) is 0. The number of hydrogen-bond donors (Lipinski definition) is 0. The molecule has 2 saturated heterocycles. The molecule has 2 heterocycles. The molecule has 4 nitrogen and oxygen atoms in total. The third kappa shape index (κ3) is 2.55. The molecule has 2 fully saturated rings. The topological polar surface area (TPSA) is 40.6 Å². The van der Waals surface area contributed by atoms with Gasteiger partial charge < -0.3 is 4.90 Å². The SMILES string of the molecule is CC(=O)N1CCC2(CC1)SCC(=O)N2c1ccc(C)cc1. The maximum absolute atomic E-state index is 12.4. The van der Waals surface area contributed by atoms with Crippen LogP contribution in [0.15, 0.2) is 24.3 Å². The molecular weight excluding hydrogens is 284 g/mol. The molecule has 0 aromatic heterocycles. The normalized spacial score (nSPS) is 21.1. The smallest absolute Gasteiger partial charge is 0.238 e. The standard InChI is InChI=1S/C16H20N2O2S/c1-12-3-5-14(6-4-12)18-15(20)11-21-16(18)7-9-17(10-8-16)13(2)19/h3-6H,7-11H2,1-2H3. The van der Waals surface area contributed by atoms with Crippen molar-refractivity contribution in [1.29, 1.82) is 0 Å². The molecule has 0 aliphatic carbocycles. The van der Waals surface area contributed by atoms with Crippen molar-refractivity contribution >= 4 is 29.3 Å². The molecule has 3 rings (SSSR count). The second-order valence-corrected chi connectivity index (χ2v) is 7.14. The minimum Gasteiger partial charge on any atom is -0.343 e. The first kappa shape index (κ1) is 14.4. The van der Waals surface area contributed by atoms with Crippen molar-refractivity contribution < 1.29 is 9.59 Å². The molecule has 0 radical (unpaired) electrons. The average Bonchev–Trinajstić information content (AvgIpc) is 2.78. The van der Waals surface area contributed by atoms with Crippen LogP contribution in [-0.4, -0.2) is 40.4 Å². The van der Waals surface area contributed by atoms with Crippen molar-refractivity contribution in [2.24, 2.45) is 0 Å². The van der Waals surface area contributed by atoms with Gasteiger partial charge in [0.15, 0.2) is 0 Å². The second kappa shape index (κ2) is 5.37. The van der Waals surface area contributed by atoms with E-state index >= 15 is 0 Å².